The highest BCUT2D eigenvalue weighted by Gasteiger charge is 2.40. The highest BCUT2D eigenvalue weighted by molar-refractivity contribution is 6.74. The number of hydrogen-bond acceptors (Lipinski definition) is 5. The molecule has 0 aliphatic carbocycles. The second-order valence-electron chi connectivity index (χ2n) is 8.94. The van der Waals surface area contributed by atoms with E-state index in [-0.39, 0.29) is 11.1 Å². The van der Waals surface area contributed by atoms with E-state index < -0.39 is 15.4 Å². The Kier molecular flexibility index (Phi) is 8.46. The molecule has 0 spiro atoms. The number of rotatable bonds is 10. The highest BCUT2D eigenvalue weighted by Crippen LogP contribution is 2.39. The molecule has 0 aliphatic heterocycles. The molecule has 1 aromatic carbocycles. The van der Waals surface area contributed by atoms with E-state index >= 15 is 0 Å². The zero-order chi connectivity index (χ0) is 21.5. The van der Waals surface area contributed by atoms with E-state index in [1.807, 2.05) is 53.5 Å². The van der Waals surface area contributed by atoms with E-state index in [9.17, 15) is 5.02 Å². The van der Waals surface area contributed by atoms with Crippen LogP contribution in [0.3, 0.4) is 0 Å². The SMILES string of the molecule is CB(O)N(CCOc1ccccc1)C[C@@H](O[Si](C)(C)C(C)(C)C)c1cccnc1. The molecule has 5 nitrogen and oxygen atoms in total. The molecule has 7 heteroatoms. The highest BCUT2D eigenvalue weighted by atomic mass is 28.4. The van der Waals surface area contributed by atoms with Crippen molar-refractivity contribution in [3.8, 4) is 5.75 Å². The third-order valence-electron chi connectivity index (χ3n) is 5.62. The van der Waals surface area contributed by atoms with Crippen molar-refractivity contribution >= 4 is 15.4 Å². The zero-order valence-corrected chi connectivity index (χ0v) is 19.6. The molecule has 1 aromatic heterocycles. The van der Waals surface area contributed by atoms with Crippen molar-refractivity contribution in [1.82, 2.24) is 9.79 Å². The Hall–Kier alpha value is -1.67. The lowest BCUT2D eigenvalue weighted by molar-refractivity contribution is 0.139. The molecule has 0 fully saturated rings. The van der Waals surface area contributed by atoms with Crippen LogP contribution < -0.4 is 4.74 Å². The van der Waals surface area contributed by atoms with E-state index in [4.69, 9.17) is 9.16 Å². The van der Waals surface area contributed by atoms with Crippen molar-refractivity contribution in [3.63, 3.8) is 0 Å². The summed E-state index contributed by atoms with van der Waals surface area (Å²) in [5, 5.41) is 10.5. The summed E-state index contributed by atoms with van der Waals surface area (Å²) in [6.07, 6.45) is 3.47. The van der Waals surface area contributed by atoms with E-state index in [0.29, 0.717) is 19.7 Å². The topological polar surface area (TPSA) is 54.8 Å². The molecule has 2 aromatic rings. The molecule has 2 rings (SSSR count). The van der Waals surface area contributed by atoms with Crippen LogP contribution in [0, 0.1) is 0 Å². The van der Waals surface area contributed by atoms with Crippen molar-refractivity contribution < 1.29 is 14.2 Å². The molecule has 1 heterocycles. The minimum atomic E-state index is -2.00. The largest absolute Gasteiger partial charge is 0.492 e. The van der Waals surface area contributed by atoms with E-state index in [1.165, 1.54) is 0 Å². The van der Waals surface area contributed by atoms with Gasteiger partial charge < -0.3 is 19.0 Å². The smallest absolute Gasteiger partial charge is 0.376 e. The van der Waals surface area contributed by atoms with E-state index in [2.05, 4.69) is 38.8 Å². The van der Waals surface area contributed by atoms with Crippen LogP contribution in [-0.2, 0) is 4.43 Å². The second-order valence-corrected chi connectivity index (χ2v) is 13.7. The summed E-state index contributed by atoms with van der Waals surface area (Å²) < 4.78 is 12.6. The average molecular weight is 414 g/mol. The van der Waals surface area contributed by atoms with Crippen molar-refractivity contribution in [2.45, 2.75) is 51.8 Å². The summed E-state index contributed by atoms with van der Waals surface area (Å²) in [4.78, 5) is 6.28. The number of ether oxygens (including phenoxy) is 1. The standard InChI is InChI=1S/C22H35BN2O3Si/c1-22(2,3)29(5,6)28-21(19-11-10-14-24-17-19)18-25(23(4)26)15-16-27-20-12-8-7-9-13-20/h7-14,17,21,26H,15-16,18H2,1-6H3/t21-/m1/s1. The first-order chi connectivity index (χ1) is 13.6. The second kappa shape index (κ2) is 10.4. The molecule has 0 saturated heterocycles. The van der Waals surface area contributed by atoms with Crippen molar-refractivity contribution in [3.05, 3.63) is 60.4 Å². The fourth-order valence-corrected chi connectivity index (χ4v) is 4.03. The molecular formula is C22H35BN2O3Si. The lowest BCUT2D eigenvalue weighted by Gasteiger charge is -2.40. The van der Waals surface area contributed by atoms with Gasteiger partial charge in [0.15, 0.2) is 8.32 Å². The molecule has 29 heavy (non-hydrogen) atoms. The van der Waals surface area contributed by atoms with Crippen LogP contribution in [-0.4, -0.2) is 49.9 Å². The number of hydrogen-bond donors (Lipinski definition) is 1. The summed E-state index contributed by atoms with van der Waals surface area (Å²) in [5.41, 5.74) is 1.03. The molecule has 0 unspecified atom stereocenters. The predicted molar refractivity (Wildman–Crippen MR) is 123 cm³/mol. The Morgan fingerprint density at radius 2 is 1.83 bits per heavy atom. The fraction of sp³-hybridized carbons (Fsp3) is 0.500. The summed E-state index contributed by atoms with van der Waals surface area (Å²) in [6.45, 7) is 14.7. The van der Waals surface area contributed by atoms with Crippen LogP contribution in [0.25, 0.3) is 0 Å². The van der Waals surface area contributed by atoms with Gasteiger partial charge >= 0.3 is 7.05 Å². The maximum absolute atomic E-state index is 10.4. The van der Waals surface area contributed by atoms with Gasteiger partial charge in [-0.25, -0.2) is 0 Å². The third kappa shape index (κ3) is 7.26. The summed E-state index contributed by atoms with van der Waals surface area (Å²) in [6, 6.07) is 13.7. The quantitative estimate of drug-likeness (QED) is 0.575. The van der Waals surface area contributed by atoms with Gasteiger partial charge in [-0.3, -0.25) is 4.98 Å². The summed E-state index contributed by atoms with van der Waals surface area (Å²) >= 11 is 0. The van der Waals surface area contributed by atoms with Gasteiger partial charge in [0.2, 0.25) is 0 Å². The van der Waals surface area contributed by atoms with Gasteiger partial charge in [-0.15, -0.1) is 0 Å². The van der Waals surface area contributed by atoms with Gasteiger partial charge in [0.25, 0.3) is 0 Å². The van der Waals surface area contributed by atoms with Gasteiger partial charge in [0, 0.05) is 25.5 Å². The minimum Gasteiger partial charge on any atom is -0.492 e. The van der Waals surface area contributed by atoms with Gasteiger partial charge in [-0.2, -0.15) is 0 Å². The Bertz CT molecular complexity index is 724. The predicted octanol–water partition coefficient (Wildman–Crippen LogP) is 4.64. The number of pyridine rings is 1. The Morgan fingerprint density at radius 3 is 2.38 bits per heavy atom. The summed E-state index contributed by atoms with van der Waals surface area (Å²) in [5.74, 6) is 0.833. The first-order valence-corrected chi connectivity index (χ1v) is 13.2. The first kappa shape index (κ1) is 23.6. The van der Waals surface area contributed by atoms with Crippen LogP contribution in [0.2, 0.25) is 25.0 Å². The molecular weight excluding hydrogens is 379 g/mol. The average Bonchev–Trinajstić information content (AvgIpc) is 2.67. The van der Waals surface area contributed by atoms with Gasteiger partial charge in [-0.05, 0) is 48.7 Å². The molecule has 158 valence electrons. The molecule has 0 aliphatic rings. The van der Waals surface area contributed by atoms with E-state index in [0.717, 1.165) is 11.3 Å². The Morgan fingerprint density at radius 1 is 1.14 bits per heavy atom. The maximum atomic E-state index is 10.4. The summed E-state index contributed by atoms with van der Waals surface area (Å²) in [7, 11) is -2.60. The fourth-order valence-electron chi connectivity index (χ4n) is 2.75. The van der Waals surface area contributed by atoms with Crippen LogP contribution >= 0.6 is 0 Å². The normalized spacial score (nSPS) is 13.4. The Labute approximate surface area is 177 Å². The number of benzene rings is 1. The monoisotopic (exact) mass is 414 g/mol. The van der Waals surface area contributed by atoms with Gasteiger partial charge in [0.05, 0.1) is 12.7 Å². The molecule has 0 amide bonds. The first-order valence-electron chi connectivity index (χ1n) is 10.3. The Balaban J connectivity index is 2.11. The van der Waals surface area contributed by atoms with Gasteiger partial charge in [-0.1, -0.05) is 45.0 Å². The minimum absolute atomic E-state index is 0.0968. The van der Waals surface area contributed by atoms with Crippen LogP contribution in [0.15, 0.2) is 54.9 Å². The molecule has 1 N–H and O–H groups in total. The van der Waals surface area contributed by atoms with Crippen LogP contribution in [0.4, 0.5) is 0 Å². The molecule has 0 radical (unpaired) electrons. The number of aromatic nitrogens is 1. The third-order valence-corrected chi connectivity index (χ3v) is 10.1. The van der Waals surface area contributed by atoms with Crippen LogP contribution in [0.1, 0.15) is 32.4 Å². The maximum Gasteiger partial charge on any atom is 0.376 e. The lowest BCUT2D eigenvalue weighted by atomic mass is 9.84. The zero-order valence-electron chi connectivity index (χ0n) is 18.6. The molecule has 0 saturated carbocycles. The number of para-hydroxylation sites is 1. The van der Waals surface area contributed by atoms with Crippen LogP contribution in [0.5, 0.6) is 5.75 Å². The van der Waals surface area contributed by atoms with Crippen molar-refractivity contribution in [1.29, 1.82) is 0 Å². The number of nitrogens with zero attached hydrogens (tertiary/aromatic N) is 2. The van der Waals surface area contributed by atoms with E-state index in [1.54, 1.807) is 13.0 Å². The lowest BCUT2D eigenvalue weighted by Crippen LogP contribution is -2.47. The van der Waals surface area contributed by atoms with Gasteiger partial charge in [0.1, 0.15) is 5.75 Å². The molecule has 1 atom stereocenters. The molecule has 0 bridgehead atoms. The van der Waals surface area contributed by atoms with Crippen molar-refractivity contribution in [2.75, 3.05) is 19.7 Å². The van der Waals surface area contributed by atoms with Crippen molar-refractivity contribution in [2.24, 2.45) is 0 Å².